The minimum absolute atomic E-state index is 0.489. The van der Waals surface area contributed by atoms with E-state index in [4.69, 9.17) is 23.2 Å². The first kappa shape index (κ1) is 7.90. The van der Waals surface area contributed by atoms with Crippen molar-refractivity contribution >= 4 is 23.2 Å². The van der Waals surface area contributed by atoms with Crippen molar-refractivity contribution in [3.63, 3.8) is 0 Å². The third-order valence-corrected chi connectivity index (χ3v) is 1.87. The van der Waals surface area contributed by atoms with Crippen LogP contribution in [-0.4, -0.2) is 0 Å². The maximum atomic E-state index is 5.63. The zero-order valence-corrected chi connectivity index (χ0v) is 6.91. The van der Waals surface area contributed by atoms with Gasteiger partial charge in [-0.15, -0.1) is 23.2 Å². The molecule has 1 radical (unpaired) electrons. The summed E-state index contributed by atoms with van der Waals surface area (Å²) in [5, 5.41) is 0. The number of rotatable bonds is 2. The fourth-order valence-corrected chi connectivity index (χ4v) is 1.26. The van der Waals surface area contributed by atoms with E-state index in [1.165, 1.54) is 0 Å². The van der Waals surface area contributed by atoms with Crippen LogP contribution in [0.3, 0.4) is 0 Å². The van der Waals surface area contributed by atoms with Crippen LogP contribution in [-0.2, 0) is 11.8 Å². The zero-order chi connectivity index (χ0) is 7.40. The highest BCUT2D eigenvalue weighted by Gasteiger charge is 1.96. The lowest BCUT2D eigenvalue weighted by atomic mass is 10.1. The molecule has 2 heteroatoms. The lowest BCUT2D eigenvalue weighted by molar-refractivity contribution is 1.26. The summed E-state index contributed by atoms with van der Waals surface area (Å²) in [6, 6.07) is 8.73. The number of hydrogen-bond donors (Lipinski definition) is 0. The van der Waals surface area contributed by atoms with E-state index in [1.807, 2.05) is 18.2 Å². The van der Waals surface area contributed by atoms with Gasteiger partial charge in [0.05, 0.1) is 0 Å². The molecule has 0 unspecified atom stereocenters. The van der Waals surface area contributed by atoms with Crippen molar-refractivity contribution in [2.75, 3.05) is 0 Å². The van der Waals surface area contributed by atoms with E-state index >= 15 is 0 Å². The van der Waals surface area contributed by atoms with Crippen LogP contribution in [0.25, 0.3) is 0 Å². The van der Waals surface area contributed by atoms with Crippen LogP contribution < -0.4 is 0 Å². The van der Waals surface area contributed by atoms with E-state index in [1.54, 1.807) is 0 Å². The first-order chi connectivity index (χ1) is 4.88. The van der Waals surface area contributed by atoms with E-state index in [0.717, 1.165) is 11.1 Å². The molecule has 0 heterocycles. The fraction of sp³-hybridized carbons (Fsp3) is 0.250. The molecule has 0 aliphatic heterocycles. The van der Waals surface area contributed by atoms with Crippen LogP contribution in [0.5, 0.6) is 0 Å². The smallest absolute Gasteiger partial charge is 0.0483 e. The molecule has 0 N–H and O–H groups in total. The van der Waals surface area contributed by atoms with Crippen LogP contribution in [0, 0.1) is 6.07 Å². The first-order valence-electron chi connectivity index (χ1n) is 2.99. The van der Waals surface area contributed by atoms with E-state index in [9.17, 15) is 0 Å². The molecule has 0 amide bonds. The van der Waals surface area contributed by atoms with Gasteiger partial charge in [0.25, 0.3) is 0 Å². The first-order valence-corrected chi connectivity index (χ1v) is 4.05. The molecule has 0 spiro atoms. The van der Waals surface area contributed by atoms with Crippen LogP contribution in [0.2, 0.25) is 0 Å². The van der Waals surface area contributed by atoms with Gasteiger partial charge in [-0.2, -0.15) is 0 Å². The Hall–Kier alpha value is -0.200. The average Bonchev–Trinajstić information content (AvgIpc) is 2.04. The highest BCUT2D eigenvalue weighted by atomic mass is 35.5. The van der Waals surface area contributed by atoms with Gasteiger partial charge in [0, 0.05) is 11.8 Å². The van der Waals surface area contributed by atoms with Gasteiger partial charge in [0.15, 0.2) is 0 Å². The summed E-state index contributed by atoms with van der Waals surface area (Å²) in [5.41, 5.74) is 2.07. The number of hydrogen-bond acceptors (Lipinski definition) is 0. The molecule has 0 aliphatic carbocycles. The van der Waals surface area contributed by atoms with E-state index in [-0.39, 0.29) is 0 Å². The van der Waals surface area contributed by atoms with Crippen molar-refractivity contribution in [3.8, 4) is 0 Å². The van der Waals surface area contributed by atoms with E-state index < -0.39 is 0 Å². The van der Waals surface area contributed by atoms with Crippen LogP contribution in [0.15, 0.2) is 18.2 Å². The second-order valence-corrected chi connectivity index (χ2v) is 2.48. The molecule has 0 aliphatic rings. The van der Waals surface area contributed by atoms with Gasteiger partial charge in [0.1, 0.15) is 0 Å². The molecule has 0 atom stereocenters. The lowest BCUT2D eigenvalue weighted by Gasteiger charge is -1.99. The Kier molecular flexibility index (Phi) is 3.04. The summed E-state index contributed by atoms with van der Waals surface area (Å²) in [6.07, 6.45) is 0. The molecule has 1 aromatic carbocycles. The van der Waals surface area contributed by atoms with Crippen molar-refractivity contribution in [1.29, 1.82) is 0 Å². The Balaban J connectivity index is 2.96. The van der Waals surface area contributed by atoms with Crippen molar-refractivity contribution < 1.29 is 0 Å². The van der Waals surface area contributed by atoms with E-state index in [0.29, 0.717) is 11.8 Å². The molecule has 1 rings (SSSR count). The molecule has 1 aromatic rings. The summed E-state index contributed by atoms with van der Waals surface area (Å²) in [5.74, 6) is 1.00. The topological polar surface area (TPSA) is 0 Å². The third-order valence-electron chi connectivity index (χ3n) is 1.32. The quantitative estimate of drug-likeness (QED) is 0.604. The number of benzene rings is 1. The van der Waals surface area contributed by atoms with Gasteiger partial charge >= 0.3 is 0 Å². The molecule has 0 nitrogen and oxygen atoms in total. The Morgan fingerprint density at radius 1 is 1.30 bits per heavy atom. The van der Waals surface area contributed by atoms with Crippen molar-refractivity contribution in [2.24, 2.45) is 0 Å². The average molecular weight is 174 g/mol. The second kappa shape index (κ2) is 3.85. The van der Waals surface area contributed by atoms with Gasteiger partial charge in [-0.05, 0) is 17.2 Å². The highest BCUT2D eigenvalue weighted by Crippen LogP contribution is 2.12. The Morgan fingerprint density at radius 3 is 2.60 bits per heavy atom. The summed E-state index contributed by atoms with van der Waals surface area (Å²) >= 11 is 11.3. The molecule has 0 fully saturated rings. The molecule has 0 saturated carbocycles. The number of halogens is 2. The standard InChI is InChI=1S/C8H7Cl2/c9-5-7-3-1-2-4-8(7)6-10/h1-3H,5-6H2. The molecule has 0 bridgehead atoms. The summed E-state index contributed by atoms with van der Waals surface area (Å²) in [7, 11) is 0. The Morgan fingerprint density at radius 2 is 2.10 bits per heavy atom. The van der Waals surface area contributed by atoms with Gasteiger partial charge in [-0.3, -0.25) is 0 Å². The zero-order valence-electron chi connectivity index (χ0n) is 5.40. The van der Waals surface area contributed by atoms with Crippen LogP contribution >= 0.6 is 23.2 Å². The van der Waals surface area contributed by atoms with Gasteiger partial charge < -0.3 is 0 Å². The molecular weight excluding hydrogens is 167 g/mol. The molecule has 0 saturated heterocycles. The maximum absolute atomic E-state index is 5.63. The maximum Gasteiger partial charge on any atom is 0.0483 e. The molecular formula is C8H7Cl2. The largest absolute Gasteiger partial charge is 0.122 e. The minimum atomic E-state index is 0.489. The summed E-state index contributed by atoms with van der Waals surface area (Å²) in [6.45, 7) is 0. The number of alkyl halides is 2. The molecule has 53 valence electrons. The molecule has 0 aromatic heterocycles. The Labute approximate surface area is 70.8 Å². The lowest BCUT2D eigenvalue weighted by Crippen LogP contribution is -1.86. The minimum Gasteiger partial charge on any atom is -0.122 e. The summed E-state index contributed by atoms with van der Waals surface area (Å²) in [4.78, 5) is 0. The fourth-order valence-electron chi connectivity index (χ4n) is 0.756. The van der Waals surface area contributed by atoms with Crippen LogP contribution in [0.4, 0.5) is 0 Å². The van der Waals surface area contributed by atoms with Crippen LogP contribution in [0.1, 0.15) is 11.1 Å². The van der Waals surface area contributed by atoms with Gasteiger partial charge in [0.2, 0.25) is 0 Å². The van der Waals surface area contributed by atoms with E-state index in [2.05, 4.69) is 6.07 Å². The van der Waals surface area contributed by atoms with Crippen molar-refractivity contribution in [1.82, 2.24) is 0 Å². The normalized spacial score (nSPS) is 9.80. The summed E-state index contributed by atoms with van der Waals surface area (Å²) < 4.78 is 0. The van der Waals surface area contributed by atoms with Gasteiger partial charge in [-0.1, -0.05) is 18.2 Å². The van der Waals surface area contributed by atoms with Crippen molar-refractivity contribution in [2.45, 2.75) is 11.8 Å². The second-order valence-electron chi connectivity index (χ2n) is 1.94. The molecule has 10 heavy (non-hydrogen) atoms. The predicted octanol–water partition coefficient (Wildman–Crippen LogP) is 2.96. The third kappa shape index (κ3) is 1.65. The Bertz CT molecular complexity index is 185. The SMILES string of the molecule is ClCc1[c]cccc1CCl. The van der Waals surface area contributed by atoms with Crippen molar-refractivity contribution in [3.05, 3.63) is 35.4 Å². The highest BCUT2D eigenvalue weighted by molar-refractivity contribution is 6.18. The van der Waals surface area contributed by atoms with Gasteiger partial charge in [-0.25, -0.2) is 0 Å². The predicted molar refractivity (Wildman–Crippen MR) is 44.4 cm³/mol. The monoisotopic (exact) mass is 173 g/mol.